The molecule has 104 valence electrons. The van der Waals surface area contributed by atoms with Crippen LogP contribution >= 0.6 is 0 Å². The largest absolute Gasteiger partial charge is 0.443 e. The first-order chi connectivity index (χ1) is 7.96. The number of carbonyl (C=O) groups excluding carboxylic acids is 2. The van der Waals surface area contributed by atoms with Crippen molar-refractivity contribution in [2.45, 2.75) is 52.7 Å². The molecule has 0 aromatic heterocycles. The first kappa shape index (κ1) is 16.5. The van der Waals surface area contributed by atoms with E-state index in [0.717, 1.165) is 4.90 Å². The first-order valence-electron chi connectivity index (χ1n) is 5.80. The molecule has 0 aliphatic carbocycles. The molecule has 0 aromatic rings. The predicted molar refractivity (Wildman–Crippen MR) is 69.4 cm³/mol. The van der Waals surface area contributed by atoms with Crippen LogP contribution in [-0.4, -0.2) is 34.8 Å². The fourth-order valence-corrected chi connectivity index (χ4v) is 0.987. The topological polar surface area (TPSA) is 55.8 Å². The SMILES string of the molecule is C=CCN(C(=O)OC(C)(C)C)C(=O)OC(C)(C)C. The molecule has 0 unspecified atom stereocenters. The third-order valence-electron chi connectivity index (χ3n) is 1.54. The minimum Gasteiger partial charge on any atom is -0.443 e. The monoisotopic (exact) mass is 257 g/mol. The number of rotatable bonds is 2. The van der Waals surface area contributed by atoms with E-state index in [1.54, 1.807) is 41.5 Å². The van der Waals surface area contributed by atoms with Crippen LogP contribution in [0.4, 0.5) is 9.59 Å². The zero-order chi connectivity index (χ0) is 14.6. The van der Waals surface area contributed by atoms with Crippen LogP contribution in [0.1, 0.15) is 41.5 Å². The summed E-state index contributed by atoms with van der Waals surface area (Å²) in [6.45, 7) is 13.9. The molecule has 0 atom stereocenters. The van der Waals surface area contributed by atoms with Crippen LogP contribution in [-0.2, 0) is 9.47 Å². The molecule has 5 nitrogen and oxygen atoms in total. The molecule has 0 aliphatic rings. The van der Waals surface area contributed by atoms with Crippen LogP contribution in [0, 0.1) is 0 Å². The molecule has 0 saturated heterocycles. The molecule has 0 N–H and O–H groups in total. The molecule has 18 heavy (non-hydrogen) atoms. The van der Waals surface area contributed by atoms with E-state index in [1.165, 1.54) is 6.08 Å². The summed E-state index contributed by atoms with van der Waals surface area (Å²) in [7, 11) is 0. The first-order valence-corrected chi connectivity index (χ1v) is 5.80. The number of imide groups is 1. The highest BCUT2D eigenvalue weighted by atomic mass is 16.6. The maximum absolute atomic E-state index is 11.8. The number of nitrogens with zero attached hydrogens (tertiary/aromatic N) is 1. The highest BCUT2D eigenvalue weighted by Crippen LogP contribution is 2.14. The lowest BCUT2D eigenvalue weighted by Gasteiger charge is -2.27. The Morgan fingerprint density at radius 2 is 1.33 bits per heavy atom. The predicted octanol–water partition coefficient (Wildman–Crippen LogP) is 3.34. The molecule has 0 aromatic carbocycles. The van der Waals surface area contributed by atoms with Gasteiger partial charge in [-0.3, -0.25) is 0 Å². The number of hydrogen-bond donors (Lipinski definition) is 0. The third-order valence-corrected chi connectivity index (χ3v) is 1.54. The van der Waals surface area contributed by atoms with E-state index >= 15 is 0 Å². The van der Waals surface area contributed by atoms with Crippen molar-refractivity contribution in [3.05, 3.63) is 12.7 Å². The smallest absolute Gasteiger partial charge is 0.420 e. The standard InChI is InChI=1S/C13H23NO4/c1-8-9-14(10(15)17-12(2,3)4)11(16)18-13(5,6)7/h8H,1,9H2,2-7H3. The second-order valence-corrected chi connectivity index (χ2v) is 5.86. The zero-order valence-electron chi connectivity index (χ0n) is 12.1. The second-order valence-electron chi connectivity index (χ2n) is 5.86. The molecule has 0 fully saturated rings. The summed E-state index contributed by atoms with van der Waals surface area (Å²) in [4.78, 5) is 24.5. The van der Waals surface area contributed by atoms with Gasteiger partial charge in [-0.05, 0) is 41.5 Å². The third kappa shape index (κ3) is 6.93. The van der Waals surface area contributed by atoms with E-state index in [0.29, 0.717) is 0 Å². The van der Waals surface area contributed by atoms with Crippen molar-refractivity contribution in [2.24, 2.45) is 0 Å². The van der Waals surface area contributed by atoms with Crippen LogP contribution in [0.2, 0.25) is 0 Å². The fourth-order valence-electron chi connectivity index (χ4n) is 0.987. The molecule has 0 aliphatic heterocycles. The average molecular weight is 257 g/mol. The lowest BCUT2D eigenvalue weighted by Crippen LogP contribution is -2.43. The van der Waals surface area contributed by atoms with Crippen molar-refractivity contribution < 1.29 is 19.1 Å². The Labute approximate surface area is 109 Å². The van der Waals surface area contributed by atoms with Gasteiger partial charge in [0.05, 0.1) is 6.54 Å². The molecular formula is C13H23NO4. The summed E-state index contributed by atoms with van der Waals surface area (Å²) >= 11 is 0. The normalized spacial score (nSPS) is 11.7. The lowest BCUT2D eigenvalue weighted by atomic mass is 10.2. The summed E-state index contributed by atoms with van der Waals surface area (Å²) in [5, 5.41) is 0. The van der Waals surface area contributed by atoms with Crippen molar-refractivity contribution in [2.75, 3.05) is 6.54 Å². The minimum atomic E-state index is -0.739. The number of ether oxygens (including phenoxy) is 2. The van der Waals surface area contributed by atoms with Gasteiger partial charge in [-0.25, -0.2) is 14.5 Å². The average Bonchev–Trinajstić information content (AvgIpc) is 2.07. The van der Waals surface area contributed by atoms with Gasteiger partial charge in [-0.15, -0.1) is 6.58 Å². The Morgan fingerprint density at radius 1 is 1.00 bits per heavy atom. The van der Waals surface area contributed by atoms with Crippen LogP contribution in [0.25, 0.3) is 0 Å². The van der Waals surface area contributed by atoms with E-state index in [4.69, 9.17) is 9.47 Å². The van der Waals surface area contributed by atoms with Gasteiger partial charge in [0.2, 0.25) is 0 Å². The van der Waals surface area contributed by atoms with Gasteiger partial charge >= 0.3 is 12.2 Å². The van der Waals surface area contributed by atoms with Crippen molar-refractivity contribution >= 4 is 12.2 Å². The van der Waals surface area contributed by atoms with Gasteiger partial charge in [-0.2, -0.15) is 0 Å². The summed E-state index contributed by atoms with van der Waals surface area (Å²) in [6.07, 6.45) is -0.0401. The summed E-state index contributed by atoms with van der Waals surface area (Å²) in [6, 6.07) is 0. The number of hydrogen-bond acceptors (Lipinski definition) is 4. The fraction of sp³-hybridized carbons (Fsp3) is 0.692. The quantitative estimate of drug-likeness (QED) is 0.712. The summed E-state index contributed by atoms with van der Waals surface area (Å²) in [5.74, 6) is 0. The second kappa shape index (κ2) is 5.89. The van der Waals surface area contributed by atoms with Gasteiger partial charge in [0, 0.05) is 0 Å². The van der Waals surface area contributed by atoms with E-state index < -0.39 is 23.4 Å². The number of carbonyl (C=O) groups is 2. The molecule has 0 saturated carbocycles. The Balaban J connectivity index is 4.80. The van der Waals surface area contributed by atoms with Crippen LogP contribution in [0.15, 0.2) is 12.7 Å². The lowest BCUT2D eigenvalue weighted by molar-refractivity contribution is 0.00375. The molecule has 0 bridgehead atoms. The zero-order valence-corrected chi connectivity index (χ0v) is 12.1. The maximum Gasteiger partial charge on any atom is 0.420 e. The Hall–Kier alpha value is -1.52. The Morgan fingerprint density at radius 3 is 1.56 bits per heavy atom. The van der Waals surface area contributed by atoms with Crippen LogP contribution in [0.5, 0.6) is 0 Å². The van der Waals surface area contributed by atoms with E-state index in [9.17, 15) is 9.59 Å². The van der Waals surface area contributed by atoms with Crippen molar-refractivity contribution in [1.29, 1.82) is 0 Å². The number of amides is 2. The minimum absolute atomic E-state index is 0.0455. The van der Waals surface area contributed by atoms with E-state index in [1.807, 2.05) is 0 Å². The molecule has 5 heteroatoms. The molecule has 0 rings (SSSR count). The highest BCUT2D eigenvalue weighted by molar-refractivity contribution is 5.88. The van der Waals surface area contributed by atoms with Gasteiger partial charge in [-0.1, -0.05) is 6.08 Å². The molecule has 0 heterocycles. The van der Waals surface area contributed by atoms with Crippen molar-refractivity contribution in [3.63, 3.8) is 0 Å². The van der Waals surface area contributed by atoms with Crippen molar-refractivity contribution in [3.8, 4) is 0 Å². The van der Waals surface area contributed by atoms with Crippen molar-refractivity contribution in [1.82, 2.24) is 4.90 Å². The summed E-state index contributed by atoms with van der Waals surface area (Å²) in [5.41, 5.74) is -1.34. The molecule has 0 radical (unpaired) electrons. The maximum atomic E-state index is 11.8. The van der Waals surface area contributed by atoms with Crippen LogP contribution in [0.3, 0.4) is 0 Å². The molecular weight excluding hydrogens is 234 g/mol. The highest BCUT2D eigenvalue weighted by Gasteiger charge is 2.30. The van der Waals surface area contributed by atoms with E-state index in [-0.39, 0.29) is 6.54 Å². The Bertz CT molecular complexity index is 295. The van der Waals surface area contributed by atoms with Gasteiger partial charge < -0.3 is 9.47 Å². The molecule has 2 amide bonds. The van der Waals surface area contributed by atoms with Gasteiger partial charge in [0.15, 0.2) is 0 Å². The van der Waals surface area contributed by atoms with Gasteiger partial charge in [0.25, 0.3) is 0 Å². The van der Waals surface area contributed by atoms with Crippen LogP contribution < -0.4 is 0 Å². The molecule has 0 spiro atoms. The summed E-state index contributed by atoms with van der Waals surface area (Å²) < 4.78 is 10.3. The van der Waals surface area contributed by atoms with Gasteiger partial charge in [0.1, 0.15) is 11.2 Å². The van der Waals surface area contributed by atoms with E-state index in [2.05, 4.69) is 6.58 Å². The Kier molecular flexibility index (Phi) is 5.39.